The lowest BCUT2D eigenvalue weighted by Gasteiger charge is -2.29. The minimum Gasteiger partial charge on any atom is -0.435 e. The summed E-state index contributed by atoms with van der Waals surface area (Å²) in [6.45, 7) is -0.854. The van der Waals surface area contributed by atoms with Crippen molar-refractivity contribution in [3.05, 3.63) is 63.7 Å². The minimum atomic E-state index is -3.01. The lowest BCUT2D eigenvalue weighted by Crippen LogP contribution is -2.40. The smallest absolute Gasteiger partial charge is 0.387 e. The van der Waals surface area contributed by atoms with Crippen LogP contribution in [-0.4, -0.2) is 46.8 Å². The number of aromatic nitrogens is 3. The molecule has 8 nitrogen and oxygen atoms in total. The fourth-order valence-corrected chi connectivity index (χ4v) is 3.71. The first-order valence-electron chi connectivity index (χ1n) is 10.7. The van der Waals surface area contributed by atoms with Crippen LogP contribution in [0.15, 0.2) is 47.5 Å². The van der Waals surface area contributed by atoms with Crippen LogP contribution in [0.4, 0.5) is 18.9 Å². The van der Waals surface area contributed by atoms with Gasteiger partial charge in [-0.3, -0.25) is 4.79 Å². The average Bonchev–Trinajstić information content (AvgIpc) is 2.82. The van der Waals surface area contributed by atoms with Crippen LogP contribution >= 0.6 is 11.6 Å². The third-order valence-corrected chi connectivity index (χ3v) is 5.65. The quantitative estimate of drug-likeness (QED) is 0.460. The summed E-state index contributed by atoms with van der Waals surface area (Å²) < 4.78 is 56.4. The fraction of sp³-hybridized carbons (Fsp3) is 0.348. The summed E-state index contributed by atoms with van der Waals surface area (Å²) in [5.74, 6) is 0.00416. The van der Waals surface area contributed by atoms with E-state index >= 15 is 0 Å². The number of alkyl halides is 3. The Morgan fingerprint density at radius 1 is 1.26 bits per heavy atom. The predicted octanol–water partition coefficient (Wildman–Crippen LogP) is 4.91. The van der Waals surface area contributed by atoms with Crippen molar-refractivity contribution in [2.24, 2.45) is 0 Å². The van der Waals surface area contributed by atoms with Crippen LogP contribution in [0.25, 0.3) is 5.69 Å². The van der Waals surface area contributed by atoms with Crippen LogP contribution in [0.2, 0.25) is 5.02 Å². The topological polar surface area (TPSA) is 87.5 Å². The number of rotatable bonds is 8. The van der Waals surface area contributed by atoms with Crippen LogP contribution in [0.5, 0.6) is 17.4 Å². The molecule has 1 saturated heterocycles. The zero-order valence-electron chi connectivity index (χ0n) is 18.6. The van der Waals surface area contributed by atoms with Crippen LogP contribution in [0, 0.1) is 6.92 Å². The molecule has 0 saturated carbocycles. The Kier molecular flexibility index (Phi) is 7.46. The summed E-state index contributed by atoms with van der Waals surface area (Å²) in [7, 11) is 0. The number of aryl methyl sites for hydroxylation is 1. The SMILES string of the molecule is Cc1ccc(Oc2ccc(-n3ncc(NC[C@@]4(F)CCCOC4)c(Cl)c3=O)cn2)c(OC(F)F)c1. The van der Waals surface area contributed by atoms with Gasteiger partial charge < -0.3 is 19.5 Å². The van der Waals surface area contributed by atoms with E-state index < -0.39 is 17.8 Å². The zero-order valence-corrected chi connectivity index (χ0v) is 19.4. The molecule has 12 heteroatoms. The molecular weight excluding hydrogens is 489 g/mol. The molecule has 1 N–H and O–H groups in total. The molecule has 0 bridgehead atoms. The van der Waals surface area contributed by atoms with Gasteiger partial charge in [-0.25, -0.2) is 9.37 Å². The number of nitrogens with one attached hydrogen (secondary N) is 1. The normalized spacial score (nSPS) is 17.9. The third-order valence-electron chi connectivity index (χ3n) is 5.28. The van der Waals surface area contributed by atoms with Crippen molar-refractivity contribution < 1.29 is 27.4 Å². The van der Waals surface area contributed by atoms with Gasteiger partial charge in [0.2, 0.25) is 5.88 Å². The molecule has 0 unspecified atom stereocenters. The van der Waals surface area contributed by atoms with Gasteiger partial charge in [0.15, 0.2) is 17.2 Å². The van der Waals surface area contributed by atoms with E-state index in [4.69, 9.17) is 21.1 Å². The van der Waals surface area contributed by atoms with E-state index in [2.05, 4.69) is 20.1 Å². The van der Waals surface area contributed by atoms with Gasteiger partial charge >= 0.3 is 6.61 Å². The van der Waals surface area contributed by atoms with E-state index in [1.165, 1.54) is 36.7 Å². The van der Waals surface area contributed by atoms with Crippen LogP contribution in [0.1, 0.15) is 18.4 Å². The van der Waals surface area contributed by atoms with E-state index in [0.29, 0.717) is 25.0 Å². The highest BCUT2D eigenvalue weighted by atomic mass is 35.5. The second-order valence-corrected chi connectivity index (χ2v) is 8.41. The Hall–Kier alpha value is -3.31. The number of anilines is 1. The van der Waals surface area contributed by atoms with Gasteiger partial charge in [0.1, 0.15) is 5.02 Å². The van der Waals surface area contributed by atoms with Crippen LogP contribution in [-0.2, 0) is 4.74 Å². The molecule has 3 heterocycles. The van der Waals surface area contributed by atoms with Crippen molar-refractivity contribution in [2.45, 2.75) is 32.0 Å². The molecule has 1 fully saturated rings. The molecule has 0 aliphatic carbocycles. The van der Waals surface area contributed by atoms with Crippen molar-refractivity contribution in [3.8, 4) is 23.1 Å². The molecule has 1 aromatic carbocycles. The summed E-state index contributed by atoms with van der Waals surface area (Å²) in [6.07, 6.45) is 3.59. The molecule has 0 spiro atoms. The van der Waals surface area contributed by atoms with Crippen molar-refractivity contribution in [2.75, 3.05) is 25.1 Å². The minimum absolute atomic E-state index is 0.0272. The maximum atomic E-state index is 14.7. The van der Waals surface area contributed by atoms with E-state index in [-0.39, 0.29) is 46.9 Å². The molecule has 0 radical (unpaired) electrons. The number of hydrogen-bond donors (Lipinski definition) is 1. The fourth-order valence-electron chi connectivity index (χ4n) is 3.51. The number of hydrogen-bond acceptors (Lipinski definition) is 7. The number of pyridine rings is 1. The van der Waals surface area contributed by atoms with Gasteiger partial charge in [-0.15, -0.1) is 0 Å². The standard InChI is InChI=1S/C23H22ClF3N4O4/c1-14-3-5-17(18(9-14)35-22(25)26)34-19-6-4-15(10-28-19)31-21(32)20(24)16(11-30-31)29-12-23(27)7-2-8-33-13-23/h3-6,9-11,22,29H,2,7-8,12-13H2,1H3/t23-/m0/s1. The largest absolute Gasteiger partial charge is 0.435 e. The van der Waals surface area contributed by atoms with E-state index in [1.807, 2.05) is 0 Å². The number of halogens is 4. The van der Waals surface area contributed by atoms with Gasteiger partial charge in [-0.2, -0.15) is 18.6 Å². The van der Waals surface area contributed by atoms with Crippen molar-refractivity contribution in [1.29, 1.82) is 0 Å². The summed E-state index contributed by atoms with van der Waals surface area (Å²) in [6, 6.07) is 7.52. The molecular formula is C23H22ClF3N4O4. The Labute approximate surface area is 203 Å². The molecule has 35 heavy (non-hydrogen) atoms. The molecule has 1 atom stereocenters. The van der Waals surface area contributed by atoms with E-state index in [0.717, 1.165) is 4.68 Å². The highest BCUT2D eigenvalue weighted by molar-refractivity contribution is 6.32. The predicted molar refractivity (Wildman–Crippen MR) is 123 cm³/mol. The van der Waals surface area contributed by atoms with Gasteiger partial charge in [0.25, 0.3) is 5.56 Å². The van der Waals surface area contributed by atoms with Gasteiger partial charge in [-0.1, -0.05) is 17.7 Å². The highest BCUT2D eigenvalue weighted by Crippen LogP contribution is 2.33. The van der Waals surface area contributed by atoms with E-state index in [1.54, 1.807) is 13.0 Å². The molecule has 3 aromatic rings. The van der Waals surface area contributed by atoms with Crippen molar-refractivity contribution in [1.82, 2.24) is 14.8 Å². The average molecular weight is 511 g/mol. The second kappa shape index (κ2) is 10.5. The lowest BCUT2D eigenvalue weighted by atomic mass is 9.99. The Morgan fingerprint density at radius 3 is 2.77 bits per heavy atom. The number of nitrogens with zero attached hydrogens (tertiary/aromatic N) is 3. The van der Waals surface area contributed by atoms with Crippen LogP contribution in [0.3, 0.4) is 0 Å². The Bertz CT molecular complexity index is 1230. The third kappa shape index (κ3) is 6.04. The van der Waals surface area contributed by atoms with Gasteiger partial charge in [0, 0.05) is 12.7 Å². The summed E-state index contributed by atoms with van der Waals surface area (Å²) >= 11 is 6.21. The number of ether oxygens (including phenoxy) is 3. The van der Waals surface area contributed by atoms with Crippen molar-refractivity contribution >= 4 is 17.3 Å². The van der Waals surface area contributed by atoms with Gasteiger partial charge in [-0.05, 0) is 43.5 Å². The second-order valence-electron chi connectivity index (χ2n) is 8.04. The first kappa shape index (κ1) is 24.8. The van der Waals surface area contributed by atoms with Gasteiger partial charge in [0.05, 0.1) is 36.9 Å². The Balaban J connectivity index is 1.49. The monoisotopic (exact) mass is 510 g/mol. The summed E-state index contributed by atoms with van der Waals surface area (Å²) in [4.78, 5) is 16.8. The first-order valence-corrected chi connectivity index (χ1v) is 11.1. The van der Waals surface area contributed by atoms with E-state index in [9.17, 15) is 18.0 Å². The lowest BCUT2D eigenvalue weighted by molar-refractivity contribution is -0.0510. The molecule has 0 amide bonds. The molecule has 1 aliphatic heterocycles. The maximum Gasteiger partial charge on any atom is 0.387 e. The maximum absolute atomic E-state index is 14.7. The van der Waals surface area contributed by atoms with Crippen molar-refractivity contribution in [3.63, 3.8) is 0 Å². The molecule has 186 valence electrons. The highest BCUT2D eigenvalue weighted by Gasteiger charge is 2.32. The summed E-state index contributed by atoms with van der Waals surface area (Å²) in [5.41, 5.74) is -0.981. The molecule has 2 aromatic heterocycles. The zero-order chi connectivity index (χ0) is 25.0. The molecule has 4 rings (SSSR count). The molecule has 1 aliphatic rings. The van der Waals surface area contributed by atoms with Crippen LogP contribution < -0.4 is 20.3 Å². The first-order chi connectivity index (χ1) is 16.7. The number of benzene rings is 1. The Morgan fingerprint density at radius 2 is 2.09 bits per heavy atom. The summed E-state index contributed by atoms with van der Waals surface area (Å²) in [5, 5.41) is 6.77.